The number of hydrogen-bond acceptors (Lipinski definition) is 4. The summed E-state index contributed by atoms with van der Waals surface area (Å²) >= 11 is 0. The fourth-order valence-corrected chi connectivity index (χ4v) is 1.60. The molecule has 0 aliphatic carbocycles. The molecule has 104 valence electrons. The number of carbonyl (C=O) groups excluding carboxylic acids is 1. The summed E-state index contributed by atoms with van der Waals surface area (Å²) in [6, 6.07) is 4.87. The summed E-state index contributed by atoms with van der Waals surface area (Å²) in [6.07, 6.45) is 0. The maximum Gasteiger partial charge on any atom is 0.339 e. The molecule has 0 radical (unpaired) electrons. The number of hydrogen-bond donors (Lipinski definition) is 1. The lowest BCUT2D eigenvalue weighted by atomic mass is 9.95. The SMILES string of the molecule is COC(=O)C(C)(C)COc1c(C)cccc1C(=O)O. The zero-order valence-electron chi connectivity index (χ0n) is 11.5. The molecule has 0 saturated heterocycles. The van der Waals surface area contributed by atoms with E-state index in [0.717, 1.165) is 0 Å². The van der Waals surface area contributed by atoms with Crippen LogP contribution in [-0.4, -0.2) is 30.8 Å². The van der Waals surface area contributed by atoms with Gasteiger partial charge in [0.05, 0.1) is 12.5 Å². The van der Waals surface area contributed by atoms with Crippen molar-refractivity contribution in [3.63, 3.8) is 0 Å². The van der Waals surface area contributed by atoms with E-state index in [-0.39, 0.29) is 17.9 Å². The summed E-state index contributed by atoms with van der Waals surface area (Å²) in [4.78, 5) is 22.7. The first kappa shape index (κ1) is 15.0. The van der Waals surface area contributed by atoms with Gasteiger partial charge in [-0.1, -0.05) is 12.1 Å². The van der Waals surface area contributed by atoms with Crippen molar-refractivity contribution in [2.75, 3.05) is 13.7 Å². The third-order valence-electron chi connectivity index (χ3n) is 2.76. The number of esters is 1. The number of aromatic carboxylic acids is 1. The minimum atomic E-state index is -1.06. The van der Waals surface area contributed by atoms with Crippen molar-refractivity contribution in [3.05, 3.63) is 29.3 Å². The van der Waals surface area contributed by atoms with Crippen LogP contribution < -0.4 is 4.74 Å². The zero-order valence-corrected chi connectivity index (χ0v) is 11.5. The van der Waals surface area contributed by atoms with E-state index < -0.39 is 17.4 Å². The van der Waals surface area contributed by atoms with Gasteiger partial charge < -0.3 is 14.6 Å². The van der Waals surface area contributed by atoms with Crippen molar-refractivity contribution in [2.24, 2.45) is 5.41 Å². The predicted octanol–water partition coefficient (Wildman–Crippen LogP) is 2.27. The van der Waals surface area contributed by atoms with Crippen LogP contribution in [0.5, 0.6) is 5.75 Å². The van der Waals surface area contributed by atoms with E-state index in [0.29, 0.717) is 5.56 Å². The highest BCUT2D eigenvalue weighted by Gasteiger charge is 2.30. The molecule has 0 atom stereocenters. The molecule has 0 amide bonds. The van der Waals surface area contributed by atoms with Crippen molar-refractivity contribution in [2.45, 2.75) is 20.8 Å². The van der Waals surface area contributed by atoms with Gasteiger partial charge in [0.2, 0.25) is 0 Å². The van der Waals surface area contributed by atoms with E-state index in [1.165, 1.54) is 13.2 Å². The van der Waals surface area contributed by atoms with E-state index in [2.05, 4.69) is 4.74 Å². The molecule has 0 aliphatic heterocycles. The van der Waals surface area contributed by atoms with E-state index in [4.69, 9.17) is 9.84 Å². The van der Waals surface area contributed by atoms with Gasteiger partial charge in [-0.15, -0.1) is 0 Å². The maximum absolute atomic E-state index is 11.5. The highest BCUT2D eigenvalue weighted by molar-refractivity contribution is 5.91. The Morgan fingerprint density at radius 2 is 1.95 bits per heavy atom. The largest absolute Gasteiger partial charge is 0.491 e. The lowest BCUT2D eigenvalue weighted by Crippen LogP contribution is -2.32. The van der Waals surface area contributed by atoms with E-state index in [1.54, 1.807) is 32.9 Å². The molecule has 1 aromatic carbocycles. The van der Waals surface area contributed by atoms with Crippen molar-refractivity contribution < 1.29 is 24.2 Å². The molecule has 5 heteroatoms. The summed E-state index contributed by atoms with van der Waals surface area (Å²) in [5.41, 5.74) is -0.0477. The Bertz CT molecular complexity index is 491. The van der Waals surface area contributed by atoms with Crippen molar-refractivity contribution in [1.29, 1.82) is 0 Å². The van der Waals surface area contributed by atoms with E-state index in [9.17, 15) is 9.59 Å². The predicted molar refractivity (Wildman–Crippen MR) is 69.4 cm³/mol. The lowest BCUT2D eigenvalue weighted by Gasteiger charge is -2.22. The molecule has 0 aliphatic rings. The number of benzene rings is 1. The Labute approximate surface area is 112 Å². The summed E-state index contributed by atoms with van der Waals surface area (Å²) in [5.74, 6) is -1.18. The van der Waals surface area contributed by atoms with Crippen LogP contribution in [0.3, 0.4) is 0 Å². The number of rotatable bonds is 5. The summed E-state index contributed by atoms with van der Waals surface area (Å²) < 4.78 is 10.2. The maximum atomic E-state index is 11.5. The minimum Gasteiger partial charge on any atom is -0.491 e. The number of carboxylic acids is 1. The fourth-order valence-electron chi connectivity index (χ4n) is 1.60. The Hall–Kier alpha value is -2.04. The summed E-state index contributed by atoms with van der Waals surface area (Å²) in [7, 11) is 1.31. The van der Waals surface area contributed by atoms with Gasteiger partial charge >= 0.3 is 11.9 Å². The van der Waals surface area contributed by atoms with Gasteiger partial charge in [0, 0.05) is 0 Å². The fraction of sp³-hybridized carbons (Fsp3) is 0.429. The third kappa shape index (κ3) is 3.47. The molecule has 5 nitrogen and oxygen atoms in total. The number of ether oxygens (including phenoxy) is 2. The van der Waals surface area contributed by atoms with Gasteiger partial charge in [0.1, 0.15) is 17.9 Å². The molecule has 0 fully saturated rings. The van der Waals surface area contributed by atoms with Crippen LogP contribution in [0.15, 0.2) is 18.2 Å². The first-order valence-corrected chi connectivity index (χ1v) is 5.83. The standard InChI is InChI=1S/C14H18O5/c1-9-6-5-7-10(12(15)16)11(9)19-8-14(2,3)13(17)18-4/h5-7H,8H2,1-4H3,(H,15,16). The average Bonchev–Trinajstić information content (AvgIpc) is 2.35. The quantitative estimate of drug-likeness (QED) is 0.828. The molecule has 1 rings (SSSR count). The van der Waals surface area contributed by atoms with Gasteiger partial charge in [0.15, 0.2) is 0 Å². The Morgan fingerprint density at radius 1 is 1.32 bits per heavy atom. The first-order valence-electron chi connectivity index (χ1n) is 5.83. The molecule has 0 spiro atoms. The van der Waals surface area contributed by atoms with Crippen LogP contribution in [-0.2, 0) is 9.53 Å². The molecular weight excluding hydrogens is 248 g/mol. The van der Waals surface area contributed by atoms with Crippen molar-refractivity contribution in [1.82, 2.24) is 0 Å². The second kappa shape index (κ2) is 5.73. The Balaban J connectivity index is 2.95. The zero-order chi connectivity index (χ0) is 14.6. The Kier molecular flexibility index (Phi) is 4.53. The summed E-state index contributed by atoms with van der Waals surface area (Å²) in [6.45, 7) is 5.16. The van der Waals surface area contributed by atoms with Gasteiger partial charge in [-0.05, 0) is 32.4 Å². The van der Waals surface area contributed by atoms with Gasteiger partial charge in [-0.25, -0.2) is 4.79 Å². The van der Waals surface area contributed by atoms with Gasteiger partial charge in [0.25, 0.3) is 0 Å². The smallest absolute Gasteiger partial charge is 0.339 e. The van der Waals surface area contributed by atoms with Gasteiger partial charge in [-0.3, -0.25) is 4.79 Å². The normalized spacial score (nSPS) is 10.9. The highest BCUT2D eigenvalue weighted by atomic mass is 16.5. The topological polar surface area (TPSA) is 72.8 Å². The molecule has 0 unspecified atom stereocenters. The van der Waals surface area contributed by atoms with Crippen LogP contribution in [0, 0.1) is 12.3 Å². The Morgan fingerprint density at radius 3 is 2.47 bits per heavy atom. The summed E-state index contributed by atoms with van der Waals surface area (Å²) in [5, 5.41) is 9.10. The van der Waals surface area contributed by atoms with Crippen LogP contribution in [0.1, 0.15) is 29.8 Å². The second-order valence-electron chi connectivity index (χ2n) is 4.92. The molecule has 1 aromatic rings. The highest BCUT2D eigenvalue weighted by Crippen LogP contribution is 2.26. The van der Waals surface area contributed by atoms with Crippen molar-refractivity contribution >= 4 is 11.9 Å². The lowest BCUT2D eigenvalue weighted by molar-refractivity contribution is -0.152. The van der Waals surface area contributed by atoms with Crippen LogP contribution in [0.25, 0.3) is 0 Å². The van der Waals surface area contributed by atoms with Gasteiger partial charge in [-0.2, -0.15) is 0 Å². The van der Waals surface area contributed by atoms with E-state index in [1.807, 2.05) is 0 Å². The molecule has 0 heterocycles. The first-order chi connectivity index (χ1) is 8.79. The van der Waals surface area contributed by atoms with Crippen LogP contribution in [0.4, 0.5) is 0 Å². The second-order valence-corrected chi connectivity index (χ2v) is 4.92. The molecule has 19 heavy (non-hydrogen) atoms. The minimum absolute atomic E-state index is 0.0464. The number of para-hydroxylation sites is 1. The number of methoxy groups -OCH3 is 1. The molecule has 0 bridgehead atoms. The molecule has 0 aromatic heterocycles. The molecule has 1 N–H and O–H groups in total. The average molecular weight is 266 g/mol. The van der Waals surface area contributed by atoms with E-state index >= 15 is 0 Å². The van der Waals surface area contributed by atoms with Crippen LogP contribution in [0.2, 0.25) is 0 Å². The monoisotopic (exact) mass is 266 g/mol. The van der Waals surface area contributed by atoms with Crippen LogP contribution >= 0.6 is 0 Å². The molecular formula is C14H18O5. The third-order valence-corrected chi connectivity index (χ3v) is 2.76. The number of aryl methyl sites for hydroxylation is 1. The van der Waals surface area contributed by atoms with Crippen molar-refractivity contribution in [3.8, 4) is 5.75 Å². The number of carboxylic acid groups (broad SMARTS) is 1. The number of carbonyl (C=O) groups is 2. The molecule has 0 saturated carbocycles.